The van der Waals surface area contributed by atoms with Gasteiger partial charge in [-0.2, -0.15) is 0 Å². The number of esters is 1. The van der Waals surface area contributed by atoms with E-state index < -0.39 is 0 Å². The third kappa shape index (κ3) is 5.37. The summed E-state index contributed by atoms with van der Waals surface area (Å²) in [5.74, 6) is 0.700. The molecule has 0 amide bonds. The summed E-state index contributed by atoms with van der Waals surface area (Å²) in [6, 6.07) is 15.5. The van der Waals surface area contributed by atoms with Gasteiger partial charge in [-0.1, -0.05) is 23.7 Å². The van der Waals surface area contributed by atoms with Gasteiger partial charge in [-0.15, -0.1) is 11.3 Å². The summed E-state index contributed by atoms with van der Waals surface area (Å²) in [4.78, 5) is 20.3. The number of hydrogen-bond acceptors (Lipinski definition) is 6. The van der Waals surface area contributed by atoms with Crippen molar-refractivity contribution in [1.29, 1.82) is 0 Å². The number of likely N-dealkylation sites (tertiary alicyclic amines) is 1. The zero-order chi connectivity index (χ0) is 24.2. The summed E-state index contributed by atoms with van der Waals surface area (Å²) in [5, 5.41) is 1.25. The summed E-state index contributed by atoms with van der Waals surface area (Å²) in [6.07, 6.45) is 6.35. The number of halogens is 1. The Morgan fingerprint density at radius 1 is 1.14 bits per heavy atom. The molecule has 1 saturated heterocycles. The summed E-state index contributed by atoms with van der Waals surface area (Å²) in [6.45, 7) is 4.17. The standard InChI is InChI=1S/C27H28ClN3O3S/c1-33-27(32)22-5-2-3-7-24(22)34-16-15-30-13-10-19(11-14-30)23-18-31(17-20-8-9-25(28)35-20)26-21(23)6-4-12-29-26/h2-9,12,18-19H,10-11,13-17H2,1H3. The van der Waals surface area contributed by atoms with Crippen LogP contribution in [0, 0.1) is 0 Å². The molecule has 4 heterocycles. The van der Waals surface area contributed by atoms with Gasteiger partial charge in [0.15, 0.2) is 0 Å². The third-order valence-corrected chi connectivity index (χ3v) is 7.82. The van der Waals surface area contributed by atoms with Crippen molar-refractivity contribution in [1.82, 2.24) is 14.5 Å². The number of fused-ring (bicyclic) bond motifs is 1. The lowest BCUT2D eigenvalue weighted by Crippen LogP contribution is -2.35. The number of nitrogens with zero attached hydrogens (tertiary/aromatic N) is 3. The van der Waals surface area contributed by atoms with E-state index in [1.807, 2.05) is 36.5 Å². The minimum absolute atomic E-state index is 0.378. The minimum Gasteiger partial charge on any atom is -0.491 e. The molecule has 5 rings (SSSR count). The second-order valence-corrected chi connectivity index (χ2v) is 10.5. The van der Waals surface area contributed by atoms with Crippen LogP contribution in [-0.4, -0.2) is 53.8 Å². The summed E-state index contributed by atoms with van der Waals surface area (Å²) < 4.78 is 13.9. The number of methoxy groups -OCH3 is 1. The third-order valence-electron chi connectivity index (χ3n) is 6.60. The number of benzene rings is 1. The average Bonchev–Trinajstić information content (AvgIpc) is 3.47. The van der Waals surface area contributed by atoms with Gasteiger partial charge in [-0.05, 0) is 73.8 Å². The number of ether oxygens (including phenoxy) is 2. The van der Waals surface area contributed by atoms with Crippen molar-refractivity contribution < 1.29 is 14.3 Å². The quantitative estimate of drug-likeness (QED) is 0.279. The SMILES string of the molecule is COC(=O)c1ccccc1OCCN1CCC(c2cn(Cc3ccc(Cl)s3)c3ncccc23)CC1. The molecule has 1 fully saturated rings. The van der Waals surface area contributed by atoms with Gasteiger partial charge in [0.25, 0.3) is 0 Å². The molecule has 1 aromatic carbocycles. The van der Waals surface area contributed by atoms with Crippen LogP contribution < -0.4 is 4.74 Å². The maximum Gasteiger partial charge on any atom is 0.341 e. The molecule has 0 unspecified atom stereocenters. The molecular formula is C27H28ClN3O3S. The van der Waals surface area contributed by atoms with E-state index in [-0.39, 0.29) is 5.97 Å². The fraction of sp³-hybridized carbons (Fsp3) is 0.333. The average molecular weight is 510 g/mol. The Morgan fingerprint density at radius 2 is 1.97 bits per heavy atom. The molecule has 0 N–H and O–H groups in total. The van der Waals surface area contributed by atoms with Crippen LogP contribution in [0.4, 0.5) is 0 Å². The zero-order valence-corrected chi connectivity index (χ0v) is 21.2. The summed E-state index contributed by atoms with van der Waals surface area (Å²) in [7, 11) is 1.38. The van der Waals surface area contributed by atoms with E-state index in [9.17, 15) is 4.79 Å². The van der Waals surface area contributed by atoms with Gasteiger partial charge >= 0.3 is 5.97 Å². The van der Waals surface area contributed by atoms with Gasteiger partial charge in [-0.3, -0.25) is 4.90 Å². The lowest BCUT2D eigenvalue weighted by Gasteiger charge is -2.31. The first-order chi connectivity index (χ1) is 17.1. The Labute approximate surface area is 214 Å². The fourth-order valence-corrected chi connectivity index (χ4v) is 5.91. The number of hydrogen-bond donors (Lipinski definition) is 0. The molecule has 0 bridgehead atoms. The monoisotopic (exact) mass is 509 g/mol. The highest BCUT2D eigenvalue weighted by Gasteiger charge is 2.24. The molecule has 0 spiro atoms. The van der Waals surface area contributed by atoms with Crippen molar-refractivity contribution in [2.45, 2.75) is 25.3 Å². The highest BCUT2D eigenvalue weighted by atomic mass is 35.5. The molecule has 0 atom stereocenters. The van der Waals surface area contributed by atoms with E-state index in [0.29, 0.717) is 23.8 Å². The second kappa shape index (κ2) is 10.8. The van der Waals surface area contributed by atoms with Gasteiger partial charge in [0.05, 0.1) is 18.0 Å². The largest absolute Gasteiger partial charge is 0.491 e. The van der Waals surface area contributed by atoms with E-state index in [0.717, 1.165) is 49.0 Å². The molecule has 4 aromatic rings. The number of thiophene rings is 1. The molecule has 0 aliphatic carbocycles. The van der Waals surface area contributed by atoms with Crippen LogP contribution in [0.1, 0.15) is 39.6 Å². The van der Waals surface area contributed by atoms with Crippen molar-refractivity contribution in [3.05, 3.63) is 81.3 Å². The molecule has 1 aliphatic rings. The molecule has 6 nitrogen and oxygen atoms in total. The summed E-state index contributed by atoms with van der Waals surface area (Å²) in [5.41, 5.74) is 2.88. The molecule has 0 radical (unpaired) electrons. The zero-order valence-electron chi connectivity index (χ0n) is 19.7. The Hall–Kier alpha value is -2.87. The predicted molar refractivity (Wildman–Crippen MR) is 140 cm³/mol. The topological polar surface area (TPSA) is 56.6 Å². The first-order valence-corrected chi connectivity index (χ1v) is 13.0. The summed E-state index contributed by atoms with van der Waals surface area (Å²) >= 11 is 7.76. The number of aromatic nitrogens is 2. The molecular weight excluding hydrogens is 482 g/mol. The maximum atomic E-state index is 11.9. The first kappa shape index (κ1) is 23.9. The predicted octanol–water partition coefficient (Wildman–Crippen LogP) is 5.84. The highest BCUT2D eigenvalue weighted by Crippen LogP contribution is 2.34. The molecule has 3 aromatic heterocycles. The number of para-hydroxylation sites is 1. The first-order valence-electron chi connectivity index (χ1n) is 11.8. The Kier molecular flexibility index (Phi) is 7.37. The van der Waals surface area contributed by atoms with E-state index in [1.54, 1.807) is 17.4 Å². The van der Waals surface area contributed by atoms with Gasteiger partial charge in [0, 0.05) is 29.2 Å². The maximum absolute atomic E-state index is 11.9. The van der Waals surface area contributed by atoms with E-state index >= 15 is 0 Å². The van der Waals surface area contributed by atoms with Gasteiger partial charge in [-0.25, -0.2) is 9.78 Å². The number of rotatable bonds is 8. The molecule has 0 saturated carbocycles. The molecule has 35 heavy (non-hydrogen) atoms. The van der Waals surface area contributed by atoms with Crippen molar-refractivity contribution in [3.8, 4) is 5.75 Å². The second-order valence-electron chi connectivity index (χ2n) is 8.74. The smallest absolute Gasteiger partial charge is 0.341 e. The van der Waals surface area contributed by atoms with Crippen LogP contribution in [0.3, 0.4) is 0 Å². The van der Waals surface area contributed by atoms with Crippen LogP contribution in [0.2, 0.25) is 4.34 Å². The van der Waals surface area contributed by atoms with Crippen LogP contribution in [0.25, 0.3) is 11.0 Å². The van der Waals surface area contributed by atoms with Crippen molar-refractivity contribution in [2.75, 3.05) is 33.4 Å². The van der Waals surface area contributed by atoms with Crippen molar-refractivity contribution in [2.24, 2.45) is 0 Å². The fourth-order valence-electron chi connectivity index (χ4n) is 4.82. The van der Waals surface area contributed by atoms with Crippen LogP contribution in [-0.2, 0) is 11.3 Å². The number of piperidine rings is 1. The number of carbonyl (C=O) groups excluding carboxylic acids is 1. The van der Waals surface area contributed by atoms with Crippen LogP contribution in [0.5, 0.6) is 5.75 Å². The molecule has 1 aliphatic heterocycles. The van der Waals surface area contributed by atoms with Crippen molar-refractivity contribution >= 4 is 39.9 Å². The van der Waals surface area contributed by atoms with E-state index in [2.05, 4.69) is 32.8 Å². The van der Waals surface area contributed by atoms with Crippen molar-refractivity contribution in [3.63, 3.8) is 0 Å². The number of pyridine rings is 1. The Morgan fingerprint density at radius 3 is 2.74 bits per heavy atom. The van der Waals surface area contributed by atoms with E-state index in [1.165, 1.54) is 22.9 Å². The Balaban J connectivity index is 1.20. The lowest BCUT2D eigenvalue weighted by molar-refractivity contribution is 0.0595. The van der Waals surface area contributed by atoms with Gasteiger partial charge in [0.2, 0.25) is 0 Å². The van der Waals surface area contributed by atoms with Gasteiger partial charge < -0.3 is 14.0 Å². The molecule has 8 heteroatoms. The highest BCUT2D eigenvalue weighted by molar-refractivity contribution is 7.16. The normalized spacial score (nSPS) is 14.9. The Bertz CT molecular complexity index is 1310. The lowest BCUT2D eigenvalue weighted by atomic mass is 9.89. The minimum atomic E-state index is -0.378. The van der Waals surface area contributed by atoms with Crippen LogP contribution >= 0.6 is 22.9 Å². The molecule has 182 valence electrons. The van der Waals surface area contributed by atoms with E-state index in [4.69, 9.17) is 21.1 Å². The van der Waals surface area contributed by atoms with Crippen LogP contribution in [0.15, 0.2) is 60.9 Å². The van der Waals surface area contributed by atoms with Gasteiger partial charge in [0.1, 0.15) is 23.6 Å². The number of carbonyl (C=O) groups is 1.